The van der Waals surface area contributed by atoms with Gasteiger partial charge in [-0.2, -0.15) is 0 Å². The van der Waals surface area contributed by atoms with Crippen molar-refractivity contribution in [2.24, 2.45) is 0 Å². The summed E-state index contributed by atoms with van der Waals surface area (Å²) in [5.41, 5.74) is 1.14. The Balaban J connectivity index is 2.03. The molecule has 0 saturated carbocycles. The van der Waals surface area contributed by atoms with E-state index in [-0.39, 0.29) is 18.1 Å². The van der Waals surface area contributed by atoms with Crippen LogP contribution in [-0.2, 0) is 6.54 Å². The van der Waals surface area contributed by atoms with E-state index in [0.29, 0.717) is 15.7 Å². The minimum absolute atomic E-state index is 0.00315. The summed E-state index contributed by atoms with van der Waals surface area (Å²) in [7, 11) is 0. The molecular weight excluding hydrogens is 326 g/mol. The molecule has 1 aromatic heterocycles. The van der Waals surface area contributed by atoms with E-state index < -0.39 is 4.92 Å². The Morgan fingerprint density at radius 3 is 2.85 bits per heavy atom. The van der Waals surface area contributed by atoms with Crippen molar-refractivity contribution in [3.8, 4) is 0 Å². The molecule has 1 N–H and O–H groups in total. The summed E-state index contributed by atoms with van der Waals surface area (Å²) in [5, 5.41) is 13.4. The molecule has 0 aliphatic heterocycles. The molecule has 1 aromatic carbocycles. The summed E-state index contributed by atoms with van der Waals surface area (Å²) in [4.78, 5) is 26.0. The molecule has 0 radical (unpaired) electrons. The third-order valence-electron chi connectivity index (χ3n) is 2.56. The normalized spacial score (nSPS) is 10.1. The topological polar surface area (TPSA) is 85.1 Å². The average molecular weight is 336 g/mol. The zero-order valence-electron chi connectivity index (χ0n) is 10.2. The van der Waals surface area contributed by atoms with Crippen molar-refractivity contribution in [2.75, 3.05) is 0 Å². The SMILES string of the molecule is O=C(NCc1cccc([N+](=O)[O-])c1)c1ccnc(Br)c1. The zero-order valence-corrected chi connectivity index (χ0v) is 11.8. The van der Waals surface area contributed by atoms with Gasteiger partial charge < -0.3 is 5.32 Å². The Morgan fingerprint density at radius 2 is 2.15 bits per heavy atom. The Labute approximate surface area is 123 Å². The van der Waals surface area contributed by atoms with Gasteiger partial charge in [-0.15, -0.1) is 0 Å². The number of carbonyl (C=O) groups is 1. The molecule has 7 heteroatoms. The first-order chi connectivity index (χ1) is 9.56. The molecule has 0 saturated heterocycles. The fourth-order valence-electron chi connectivity index (χ4n) is 1.61. The number of amides is 1. The van der Waals surface area contributed by atoms with Crippen LogP contribution in [0.4, 0.5) is 5.69 Å². The number of non-ortho nitro benzene ring substituents is 1. The number of nitrogens with one attached hydrogen (secondary N) is 1. The largest absolute Gasteiger partial charge is 0.348 e. The van der Waals surface area contributed by atoms with Crippen LogP contribution < -0.4 is 5.32 Å². The van der Waals surface area contributed by atoms with E-state index in [9.17, 15) is 14.9 Å². The molecular formula is C13H10BrN3O3. The Hall–Kier alpha value is -2.28. The number of carbonyl (C=O) groups excluding carboxylic acids is 1. The summed E-state index contributed by atoms with van der Waals surface area (Å²) in [5.74, 6) is -0.264. The molecule has 0 bridgehead atoms. The van der Waals surface area contributed by atoms with Gasteiger partial charge in [0.25, 0.3) is 11.6 Å². The second kappa shape index (κ2) is 6.25. The van der Waals surface area contributed by atoms with Gasteiger partial charge in [-0.3, -0.25) is 14.9 Å². The van der Waals surface area contributed by atoms with E-state index in [1.54, 1.807) is 24.3 Å². The first-order valence-corrected chi connectivity index (χ1v) is 6.48. The highest BCUT2D eigenvalue weighted by Gasteiger charge is 2.08. The summed E-state index contributed by atoms with van der Waals surface area (Å²) in [6, 6.07) is 9.34. The maximum absolute atomic E-state index is 11.9. The van der Waals surface area contributed by atoms with Crippen LogP contribution in [0.2, 0.25) is 0 Å². The van der Waals surface area contributed by atoms with E-state index in [2.05, 4.69) is 26.2 Å². The number of nitro benzene ring substituents is 1. The fourth-order valence-corrected chi connectivity index (χ4v) is 1.97. The van der Waals surface area contributed by atoms with Crippen molar-refractivity contribution in [3.05, 3.63) is 68.4 Å². The number of aromatic nitrogens is 1. The lowest BCUT2D eigenvalue weighted by Gasteiger charge is -2.05. The van der Waals surface area contributed by atoms with E-state index >= 15 is 0 Å². The second-order valence-corrected chi connectivity index (χ2v) is 4.79. The first-order valence-electron chi connectivity index (χ1n) is 5.69. The van der Waals surface area contributed by atoms with Crippen molar-refractivity contribution >= 4 is 27.5 Å². The molecule has 0 unspecified atom stereocenters. The van der Waals surface area contributed by atoms with E-state index in [1.165, 1.54) is 18.3 Å². The Kier molecular flexibility index (Phi) is 4.41. The summed E-state index contributed by atoms with van der Waals surface area (Å²) < 4.78 is 0.570. The number of nitro groups is 1. The van der Waals surface area contributed by atoms with Crippen LogP contribution in [0.3, 0.4) is 0 Å². The number of nitrogens with zero attached hydrogens (tertiary/aromatic N) is 2. The highest BCUT2D eigenvalue weighted by molar-refractivity contribution is 9.10. The number of halogens is 1. The lowest BCUT2D eigenvalue weighted by Crippen LogP contribution is -2.22. The van der Waals surface area contributed by atoms with Gasteiger partial charge in [0.2, 0.25) is 0 Å². The lowest BCUT2D eigenvalue weighted by molar-refractivity contribution is -0.384. The molecule has 1 heterocycles. The molecule has 2 aromatic rings. The van der Waals surface area contributed by atoms with Gasteiger partial charge in [0, 0.05) is 30.4 Å². The molecule has 6 nitrogen and oxygen atoms in total. The van der Waals surface area contributed by atoms with Crippen LogP contribution in [0.25, 0.3) is 0 Å². The summed E-state index contributed by atoms with van der Waals surface area (Å²) >= 11 is 3.19. The zero-order chi connectivity index (χ0) is 14.5. The van der Waals surface area contributed by atoms with Gasteiger partial charge in [-0.05, 0) is 33.6 Å². The van der Waals surface area contributed by atoms with E-state index in [0.717, 1.165) is 0 Å². The second-order valence-electron chi connectivity index (χ2n) is 3.98. The van der Waals surface area contributed by atoms with Crippen LogP contribution >= 0.6 is 15.9 Å². The van der Waals surface area contributed by atoms with Crippen LogP contribution in [0, 0.1) is 10.1 Å². The molecule has 0 aliphatic rings. The minimum Gasteiger partial charge on any atom is -0.348 e. The standard InChI is InChI=1S/C13H10BrN3O3/c14-12-7-10(4-5-15-12)13(18)16-8-9-2-1-3-11(6-9)17(19)20/h1-7H,8H2,(H,16,18). The summed E-state index contributed by atoms with van der Waals surface area (Å²) in [6.07, 6.45) is 1.52. The minimum atomic E-state index is -0.467. The van der Waals surface area contributed by atoms with Gasteiger partial charge in [0.15, 0.2) is 0 Å². The molecule has 1 amide bonds. The summed E-state index contributed by atoms with van der Waals surface area (Å²) in [6.45, 7) is 0.223. The van der Waals surface area contributed by atoms with E-state index in [1.807, 2.05) is 0 Å². The quantitative estimate of drug-likeness (QED) is 0.528. The highest BCUT2D eigenvalue weighted by Crippen LogP contribution is 2.13. The molecule has 0 atom stereocenters. The smallest absolute Gasteiger partial charge is 0.269 e. The number of benzene rings is 1. The molecule has 0 fully saturated rings. The molecule has 0 spiro atoms. The van der Waals surface area contributed by atoms with Gasteiger partial charge >= 0.3 is 0 Å². The van der Waals surface area contributed by atoms with Crippen molar-refractivity contribution in [1.29, 1.82) is 0 Å². The molecule has 102 valence electrons. The fraction of sp³-hybridized carbons (Fsp3) is 0.0769. The van der Waals surface area contributed by atoms with E-state index in [4.69, 9.17) is 0 Å². The number of hydrogen-bond donors (Lipinski definition) is 1. The monoisotopic (exact) mass is 335 g/mol. The van der Waals surface area contributed by atoms with Crippen molar-refractivity contribution in [3.63, 3.8) is 0 Å². The highest BCUT2D eigenvalue weighted by atomic mass is 79.9. The maximum Gasteiger partial charge on any atom is 0.269 e. The number of pyridine rings is 1. The van der Waals surface area contributed by atoms with Crippen LogP contribution in [0.5, 0.6) is 0 Å². The predicted octanol–water partition coefficient (Wildman–Crippen LogP) is 2.68. The molecule has 2 rings (SSSR count). The van der Waals surface area contributed by atoms with Gasteiger partial charge in [-0.1, -0.05) is 12.1 Å². The molecule has 20 heavy (non-hydrogen) atoms. The third-order valence-corrected chi connectivity index (χ3v) is 3.00. The van der Waals surface area contributed by atoms with Gasteiger partial charge in [0.1, 0.15) is 4.60 Å². The van der Waals surface area contributed by atoms with Crippen molar-refractivity contribution in [1.82, 2.24) is 10.3 Å². The maximum atomic E-state index is 11.9. The van der Waals surface area contributed by atoms with Crippen LogP contribution in [0.1, 0.15) is 15.9 Å². The lowest BCUT2D eigenvalue weighted by atomic mass is 10.2. The first kappa shape index (κ1) is 14.1. The third kappa shape index (κ3) is 3.61. The molecule has 0 aliphatic carbocycles. The number of hydrogen-bond acceptors (Lipinski definition) is 4. The van der Waals surface area contributed by atoms with Crippen LogP contribution in [0.15, 0.2) is 47.2 Å². The van der Waals surface area contributed by atoms with Crippen molar-refractivity contribution < 1.29 is 9.72 Å². The van der Waals surface area contributed by atoms with Crippen molar-refractivity contribution in [2.45, 2.75) is 6.54 Å². The van der Waals surface area contributed by atoms with Gasteiger partial charge in [-0.25, -0.2) is 4.98 Å². The Morgan fingerprint density at radius 1 is 1.35 bits per heavy atom. The predicted molar refractivity (Wildman–Crippen MR) is 76.2 cm³/mol. The van der Waals surface area contributed by atoms with Gasteiger partial charge in [0.05, 0.1) is 4.92 Å². The van der Waals surface area contributed by atoms with Crippen LogP contribution in [-0.4, -0.2) is 15.8 Å². The average Bonchev–Trinajstić information content (AvgIpc) is 2.45. The Bertz CT molecular complexity index is 661. The number of rotatable bonds is 4.